The van der Waals surface area contributed by atoms with Crippen LogP contribution in [0.15, 0.2) is 53.9 Å². The maximum absolute atomic E-state index is 12.5. The van der Waals surface area contributed by atoms with Gasteiger partial charge in [0.1, 0.15) is 0 Å². The Morgan fingerprint density at radius 2 is 1.96 bits per heavy atom. The number of nitrogens with one attached hydrogen (secondary N) is 1. The number of benzene rings is 2. The molecule has 1 aromatic heterocycles. The van der Waals surface area contributed by atoms with Gasteiger partial charge in [-0.1, -0.05) is 54.1 Å². The summed E-state index contributed by atoms with van der Waals surface area (Å²) in [5, 5.41) is 5.68. The van der Waals surface area contributed by atoms with Crippen molar-refractivity contribution in [1.82, 2.24) is 4.98 Å². The number of aromatic nitrogens is 1. The molecule has 1 aliphatic carbocycles. The molecule has 1 saturated carbocycles. The van der Waals surface area contributed by atoms with Crippen molar-refractivity contribution in [3.8, 4) is 11.3 Å². The molecule has 2 atom stereocenters. The zero-order valence-electron chi connectivity index (χ0n) is 14.3. The fraction of sp³-hybridized carbons (Fsp3) is 0.238. The van der Waals surface area contributed by atoms with E-state index >= 15 is 0 Å². The van der Waals surface area contributed by atoms with Gasteiger partial charge in [0, 0.05) is 16.9 Å². The maximum Gasteiger partial charge on any atom is 0.229 e. The average molecular weight is 348 g/mol. The van der Waals surface area contributed by atoms with Gasteiger partial charge in [-0.15, -0.1) is 11.3 Å². The third kappa shape index (κ3) is 3.35. The van der Waals surface area contributed by atoms with Gasteiger partial charge in [0.2, 0.25) is 5.91 Å². The molecule has 0 saturated heterocycles. The predicted octanol–water partition coefficient (Wildman–Crippen LogP) is 5.17. The second-order valence-corrected chi connectivity index (χ2v) is 7.56. The van der Waals surface area contributed by atoms with Crippen LogP contribution in [-0.4, -0.2) is 10.9 Å². The molecule has 1 N–H and O–H groups in total. The minimum absolute atomic E-state index is 0.0656. The van der Waals surface area contributed by atoms with E-state index in [1.807, 2.05) is 23.6 Å². The lowest BCUT2D eigenvalue weighted by molar-refractivity contribution is -0.117. The van der Waals surface area contributed by atoms with E-state index in [0.717, 1.165) is 17.7 Å². The van der Waals surface area contributed by atoms with Crippen molar-refractivity contribution in [2.45, 2.75) is 26.2 Å². The van der Waals surface area contributed by atoms with E-state index in [0.29, 0.717) is 11.0 Å². The Morgan fingerprint density at radius 1 is 1.16 bits per heavy atom. The minimum Gasteiger partial charge on any atom is -0.302 e. The summed E-state index contributed by atoms with van der Waals surface area (Å²) in [4.78, 5) is 17.1. The number of amides is 1. The third-order valence-electron chi connectivity index (χ3n) is 4.75. The van der Waals surface area contributed by atoms with Crippen LogP contribution in [0.2, 0.25) is 0 Å². The van der Waals surface area contributed by atoms with Gasteiger partial charge in [-0.05, 0) is 37.3 Å². The fourth-order valence-electron chi connectivity index (χ4n) is 3.31. The highest BCUT2D eigenvalue weighted by molar-refractivity contribution is 7.14. The molecule has 126 valence electrons. The second-order valence-electron chi connectivity index (χ2n) is 6.70. The summed E-state index contributed by atoms with van der Waals surface area (Å²) < 4.78 is 0. The van der Waals surface area contributed by atoms with Crippen LogP contribution >= 0.6 is 11.3 Å². The van der Waals surface area contributed by atoms with Crippen LogP contribution in [-0.2, 0) is 4.79 Å². The molecule has 2 aromatic carbocycles. The number of nitrogens with zero attached hydrogens (tertiary/aromatic N) is 1. The van der Waals surface area contributed by atoms with Gasteiger partial charge in [-0.25, -0.2) is 4.98 Å². The number of aryl methyl sites for hydroxylation is 2. The quantitative estimate of drug-likeness (QED) is 0.707. The van der Waals surface area contributed by atoms with Crippen LogP contribution in [0.4, 0.5) is 5.13 Å². The van der Waals surface area contributed by atoms with E-state index in [2.05, 4.69) is 54.5 Å². The van der Waals surface area contributed by atoms with Crippen molar-refractivity contribution in [2.75, 3.05) is 5.32 Å². The van der Waals surface area contributed by atoms with Gasteiger partial charge in [-0.2, -0.15) is 0 Å². The van der Waals surface area contributed by atoms with E-state index in [9.17, 15) is 4.79 Å². The summed E-state index contributed by atoms with van der Waals surface area (Å²) in [6.45, 7) is 4.18. The first kappa shape index (κ1) is 16.0. The molecule has 3 aromatic rings. The molecule has 0 radical (unpaired) electrons. The molecule has 3 nitrogen and oxygen atoms in total. The lowest BCUT2D eigenvalue weighted by Crippen LogP contribution is -2.14. The number of hydrogen-bond acceptors (Lipinski definition) is 3. The van der Waals surface area contributed by atoms with E-state index in [1.54, 1.807) is 0 Å². The number of hydrogen-bond donors (Lipinski definition) is 1. The van der Waals surface area contributed by atoms with Gasteiger partial charge in [0.05, 0.1) is 5.69 Å². The van der Waals surface area contributed by atoms with Crippen molar-refractivity contribution in [3.63, 3.8) is 0 Å². The molecule has 0 bridgehead atoms. The van der Waals surface area contributed by atoms with Crippen molar-refractivity contribution < 1.29 is 4.79 Å². The molecule has 4 rings (SSSR count). The van der Waals surface area contributed by atoms with Crippen molar-refractivity contribution in [1.29, 1.82) is 0 Å². The van der Waals surface area contributed by atoms with Crippen LogP contribution in [0.1, 0.15) is 29.0 Å². The normalized spacial score (nSPS) is 18.8. The highest BCUT2D eigenvalue weighted by Gasteiger charge is 2.44. The molecule has 1 aliphatic rings. The van der Waals surface area contributed by atoms with E-state index < -0.39 is 0 Å². The van der Waals surface area contributed by atoms with Gasteiger partial charge in [0.25, 0.3) is 0 Å². The van der Waals surface area contributed by atoms with Crippen LogP contribution in [0.5, 0.6) is 0 Å². The summed E-state index contributed by atoms with van der Waals surface area (Å²) in [5.74, 6) is 0.492. The summed E-state index contributed by atoms with van der Waals surface area (Å²) in [6.07, 6.45) is 0.922. The maximum atomic E-state index is 12.5. The molecule has 0 spiro atoms. The first-order chi connectivity index (χ1) is 12.1. The smallest absolute Gasteiger partial charge is 0.229 e. The molecule has 1 amide bonds. The summed E-state index contributed by atoms with van der Waals surface area (Å²) in [7, 11) is 0. The van der Waals surface area contributed by atoms with Gasteiger partial charge < -0.3 is 5.32 Å². The Hall–Kier alpha value is -2.46. The standard InChI is InChI=1S/C21H20N2OS/c1-13-8-9-16(14(2)10-13)19-12-25-21(22-19)23-20(24)18-11-17(18)15-6-4-3-5-7-15/h3-10,12,17-18H,11H2,1-2H3,(H,22,23,24). The molecule has 4 heteroatoms. The van der Waals surface area contributed by atoms with Crippen LogP contribution in [0, 0.1) is 19.8 Å². The second kappa shape index (κ2) is 6.45. The van der Waals surface area contributed by atoms with Gasteiger partial charge >= 0.3 is 0 Å². The van der Waals surface area contributed by atoms with E-state index in [1.165, 1.54) is 28.0 Å². The third-order valence-corrected chi connectivity index (χ3v) is 5.50. The zero-order chi connectivity index (χ0) is 17.4. The van der Waals surface area contributed by atoms with Crippen molar-refractivity contribution in [3.05, 3.63) is 70.6 Å². The summed E-state index contributed by atoms with van der Waals surface area (Å²) in [6, 6.07) is 16.6. The lowest BCUT2D eigenvalue weighted by atomic mass is 10.0. The Labute approximate surface area is 151 Å². The molecule has 0 aliphatic heterocycles. The summed E-state index contributed by atoms with van der Waals surface area (Å²) >= 11 is 1.48. The lowest BCUT2D eigenvalue weighted by Gasteiger charge is -2.04. The molecule has 25 heavy (non-hydrogen) atoms. The molecule has 1 fully saturated rings. The largest absolute Gasteiger partial charge is 0.302 e. The van der Waals surface area contributed by atoms with Crippen LogP contribution < -0.4 is 5.32 Å². The highest BCUT2D eigenvalue weighted by Crippen LogP contribution is 2.48. The van der Waals surface area contributed by atoms with E-state index in [-0.39, 0.29) is 11.8 Å². The number of carbonyl (C=O) groups is 1. The molecular weight excluding hydrogens is 328 g/mol. The number of rotatable bonds is 4. The van der Waals surface area contributed by atoms with Crippen molar-refractivity contribution >= 4 is 22.4 Å². The summed E-state index contributed by atoms with van der Waals surface area (Å²) in [5.41, 5.74) is 5.74. The van der Waals surface area contributed by atoms with Crippen LogP contribution in [0.3, 0.4) is 0 Å². The first-order valence-electron chi connectivity index (χ1n) is 8.51. The van der Waals surface area contributed by atoms with Gasteiger partial charge in [0.15, 0.2) is 5.13 Å². The SMILES string of the molecule is Cc1ccc(-c2csc(NC(=O)C3CC3c3ccccc3)n2)c(C)c1. The first-order valence-corrected chi connectivity index (χ1v) is 9.39. The highest BCUT2D eigenvalue weighted by atomic mass is 32.1. The molecular formula is C21H20N2OS. The number of carbonyl (C=O) groups excluding carboxylic acids is 1. The van der Waals surface area contributed by atoms with E-state index in [4.69, 9.17) is 0 Å². The number of thiazole rings is 1. The van der Waals surface area contributed by atoms with Gasteiger partial charge in [-0.3, -0.25) is 4.79 Å². The Kier molecular flexibility index (Phi) is 4.14. The average Bonchev–Trinajstić information content (AvgIpc) is 3.29. The molecule has 2 unspecified atom stereocenters. The molecule has 1 heterocycles. The zero-order valence-corrected chi connectivity index (χ0v) is 15.1. The minimum atomic E-state index is 0.0656. The number of anilines is 1. The predicted molar refractivity (Wildman–Crippen MR) is 103 cm³/mol. The topological polar surface area (TPSA) is 42.0 Å². The Balaban J connectivity index is 1.44. The monoisotopic (exact) mass is 348 g/mol. The Bertz CT molecular complexity index is 917. The fourth-order valence-corrected chi connectivity index (χ4v) is 4.02. The van der Waals surface area contributed by atoms with Crippen molar-refractivity contribution in [2.24, 2.45) is 5.92 Å². The Morgan fingerprint density at radius 3 is 2.72 bits per heavy atom. The van der Waals surface area contributed by atoms with Crippen LogP contribution in [0.25, 0.3) is 11.3 Å².